The molecule has 6 heteroatoms. The Morgan fingerprint density at radius 2 is 1.83 bits per heavy atom. The van der Waals surface area contributed by atoms with Gasteiger partial charge in [-0.05, 0) is 36.6 Å². The smallest absolute Gasteiger partial charge is 0.231 e. The van der Waals surface area contributed by atoms with Crippen LogP contribution in [0.3, 0.4) is 0 Å². The van der Waals surface area contributed by atoms with E-state index in [1.807, 2.05) is 41.3 Å². The molecule has 0 spiro atoms. The molecule has 0 radical (unpaired) electrons. The first-order chi connectivity index (χ1) is 14.2. The lowest BCUT2D eigenvalue weighted by atomic mass is 10.1. The summed E-state index contributed by atoms with van der Waals surface area (Å²) >= 11 is 0. The first-order valence-electron chi connectivity index (χ1n) is 10.3. The van der Waals surface area contributed by atoms with E-state index in [0.717, 1.165) is 62.0 Å². The van der Waals surface area contributed by atoms with E-state index in [2.05, 4.69) is 17.9 Å². The summed E-state index contributed by atoms with van der Waals surface area (Å²) in [4.78, 5) is 17.0. The minimum absolute atomic E-state index is 0.227. The molecule has 0 aromatic heterocycles. The number of carbonyl (C=O) groups is 1. The first-order valence-corrected chi connectivity index (χ1v) is 10.3. The third-order valence-corrected chi connectivity index (χ3v) is 5.56. The zero-order valence-corrected chi connectivity index (χ0v) is 16.9. The summed E-state index contributed by atoms with van der Waals surface area (Å²) in [6, 6.07) is 13.8. The Morgan fingerprint density at radius 1 is 1.03 bits per heavy atom. The molecule has 0 saturated carbocycles. The van der Waals surface area contributed by atoms with Crippen molar-refractivity contribution in [3.63, 3.8) is 0 Å². The third kappa shape index (κ3) is 5.01. The quantitative estimate of drug-likeness (QED) is 0.674. The van der Waals surface area contributed by atoms with Gasteiger partial charge < -0.3 is 19.1 Å². The molecular weight excluding hydrogens is 368 g/mol. The molecule has 4 rings (SSSR count). The second-order valence-corrected chi connectivity index (χ2v) is 7.54. The lowest BCUT2D eigenvalue weighted by molar-refractivity contribution is -0.132. The Hall–Kier alpha value is -2.73. The van der Waals surface area contributed by atoms with E-state index in [9.17, 15) is 4.79 Å². The molecule has 1 saturated heterocycles. The number of ether oxygens (including phenoxy) is 3. The van der Waals surface area contributed by atoms with Crippen molar-refractivity contribution in [2.24, 2.45) is 0 Å². The van der Waals surface area contributed by atoms with Crippen LogP contribution in [0, 0.1) is 6.92 Å². The molecule has 0 unspecified atom stereocenters. The number of amides is 1. The Labute approximate surface area is 172 Å². The van der Waals surface area contributed by atoms with Crippen LogP contribution in [-0.2, 0) is 11.2 Å². The standard InChI is InChI=1S/C23H28N2O4/c1-18-5-2-3-6-19(18)15-23(26)25-12-10-24(11-13-25)9-4-14-27-20-7-8-21-22(16-20)29-17-28-21/h2-3,5-8,16H,4,9-15,17H2,1H3. The molecule has 2 heterocycles. The van der Waals surface area contributed by atoms with Crippen molar-refractivity contribution in [2.45, 2.75) is 19.8 Å². The maximum absolute atomic E-state index is 12.6. The Kier molecular flexibility index (Phi) is 6.20. The number of benzene rings is 2. The predicted octanol–water partition coefficient (Wildman–Crippen LogP) is 2.88. The van der Waals surface area contributed by atoms with Gasteiger partial charge in [-0.3, -0.25) is 9.69 Å². The van der Waals surface area contributed by atoms with Gasteiger partial charge in [0.1, 0.15) is 5.75 Å². The molecule has 1 amide bonds. The van der Waals surface area contributed by atoms with Crippen LogP contribution >= 0.6 is 0 Å². The van der Waals surface area contributed by atoms with Gasteiger partial charge in [0.25, 0.3) is 0 Å². The van der Waals surface area contributed by atoms with E-state index < -0.39 is 0 Å². The molecule has 2 aromatic carbocycles. The van der Waals surface area contributed by atoms with Gasteiger partial charge in [-0.15, -0.1) is 0 Å². The average Bonchev–Trinajstić information content (AvgIpc) is 3.21. The predicted molar refractivity (Wildman–Crippen MR) is 111 cm³/mol. The summed E-state index contributed by atoms with van der Waals surface area (Å²) in [6.07, 6.45) is 1.45. The first kappa shape index (κ1) is 19.6. The number of hydrogen-bond donors (Lipinski definition) is 0. The number of rotatable bonds is 7. The fourth-order valence-electron chi connectivity index (χ4n) is 3.75. The molecule has 154 valence electrons. The molecule has 2 aliphatic rings. The summed E-state index contributed by atoms with van der Waals surface area (Å²) < 4.78 is 16.5. The second kappa shape index (κ2) is 9.18. The van der Waals surface area contributed by atoms with Crippen molar-refractivity contribution in [3.05, 3.63) is 53.6 Å². The summed E-state index contributed by atoms with van der Waals surface area (Å²) in [6.45, 7) is 7.41. The van der Waals surface area contributed by atoms with Crippen molar-refractivity contribution in [1.82, 2.24) is 9.80 Å². The summed E-state index contributed by atoms with van der Waals surface area (Å²) in [5.41, 5.74) is 2.31. The minimum Gasteiger partial charge on any atom is -0.493 e. The van der Waals surface area contributed by atoms with E-state index in [4.69, 9.17) is 14.2 Å². The summed E-state index contributed by atoms with van der Waals surface area (Å²) in [5, 5.41) is 0. The fourth-order valence-corrected chi connectivity index (χ4v) is 3.75. The number of carbonyl (C=O) groups excluding carboxylic acids is 1. The molecule has 0 atom stereocenters. The second-order valence-electron chi connectivity index (χ2n) is 7.54. The van der Waals surface area contributed by atoms with Gasteiger partial charge in [-0.1, -0.05) is 24.3 Å². The average molecular weight is 396 g/mol. The molecular formula is C23H28N2O4. The van der Waals surface area contributed by atoms with Gasteiger partial charge >= 0.3 is 0 Å². The molecule has 0 bridgehead atoms. The minimum atomic E-state index is 0.227. The van der Waals surface area contributed by atoms with Gasteiger partial charge in [0.05, 0.1) is 13.0 Å². The van der Waals surface area contributed by atoms with Crippen molar-refractivity contribution in [2.75, 3.05) is 46.1 Å². The third-order valence-electron chi connectivity index (χ3n) is 5.56. The maximum atomic E-state index is 12.6. The number of aryl methyl sites for hydroxylation is 1. The normalized spacial score (nSPS) is 16.1. The number of fused-ring (bicyclic) bond motifs is 1. The highest BCUT2D eigenvalue weighted by Gasteiger charge is 2.21. The molecule has 0 aliphatic carbocycles. The van der Waals surface area contributed by atoms with Crippen LogP contribution in [-0.4, -0.2) is 61.8 Å². The van der Waals surface area contributed by atoms with Crippen LogP contribution in [0.4, 0.5) is 0 Å². The van der Waals surface area contributed by atoms with Crippen LogP contribution in [0.15, 0.2) is 42.5 Å². The van der Waals surface area contributed by atoms with E-state index >= 15 is 0 Å². The molecule has 1 fully saturated rings. The molecule has 2 aromatic rings. The monoisotopic (exact) mass is 396 g/mol. The maximum Gasteiger partial charge on any atom is 0.231 e. The fraction of sp³-hybridized carbons (Fsp3) is 0.435. The topological polar surface area (TPSA) is 51.2 Å². The lowest BCUT2D eigenvalue weighted by Gasteiger charge is -2.34. The summed E-state index contributed by atoms with van der Waals surface area (Å²) in [7, 11) is 0. The molecule has 0 N–H and O–H groups in total. The van der Waals surface area contributed by atoms with Crippen LogP contribution < -0.4 is 14.2 Å². The highest BCUT2D eigenvalue weighted by Crippen LogP contribution is 2.35. The molecule has 2 aliphatic heterocycles. The Morgan fingerprint density at radius 3 is 2.66 bits per heavy atom. The van der Waals surface area contributed by atoms with Gasteiger partial charge in [0.15, 0.2) is 11.5 Å². The largest absolute Gasteiger partial charge is 0.493 e. The van der Waals surface area contributed by atoms with E-state index in [1.54, 1.807) is 0 Å². The van der Waals surface area contributed by atoms with E-state index in [0.29, 0.717) is 13.0 Å². The highest BCUT2D eigenvalue weighted by atomic mass is 16.7. The molecule has 29 heavy (non-hydrogen) atoms. The van der Waals surface area contributed by atoms with E-state index in [1.165, 1.54) is 5.56 Å². The Balaban J connectivity index is 1.15. The Bertz CT molecular complexity index is 847. The van der Waals surface area contributed by atoms with Crippen LogP contribution in [0.1, 0.15) is 17.5 Å². The van der Waals surface area contributed by atoms with Gasteiger partial charge in [0.2, 0.25) is 12.7 Å². The number of nitrogens with zero attached hydrogens (tertiary/aromatic N) is 2. The van der Waals surface area contributed by atoms with Gasteiger partial charge in [-0.2, -0.15) is 0 Å². The highest BCUT2D eigenvalue weighted by molar-refractivity contribution is 5.79. The molecule has 6 nitrogen and oxygen atoms in total. The number of hydrogen-bond acceptors (Lipinski definition) is 5. The SMILES string of the molecule is Cc1ccccc1CC(=O)N1CCN(CCCOc2ccc3c(c2)OCO3)CC1. The summed E-state index contributed by atoms with van der Waals surface area (Å²) in [5.74, 6) is 2.55. The van der Waals surface area contributed by atoms with Crippen molar-refractivity contribution < 1.29 is 19.0 Å². The zero-order valence-electron chi connectivity index (χ0n) is 16.9. The van der Waals surface area contributed by atoms with Gasteiger partial charge in [0, 0.05) is 38.8 Å². The zero-order chi connectivity index (χ0) is 20.1. The van der Waals surface area contributed by atoms with Crippen molar-refractivity contribution >= 4 is 5.91 Å². The van der Waals surface area contributed by atoms with Crippen molar-refractivity contribution in [3.8, 4) is 17.2 Å². The van der Waals surface area contributed by atoms with Gasteiger partial charge in [-0.25, -0.2) is 0 Å². The van der Waals surface area contributed by atoms with E-state index in [-0.39, 0.29) is 12.7 Å². The van der Waals surface area contributed by atoms with Crippen molar-refractivity contribution in [1.29, 1.82) is 0 Å². The van der Waals surface area contributed by atoms with Crippen LogP contribution in [0.25, 0.3) is 0 Å². The van der Waals surface area contributed by atoms with Crippen LogP contribution in [0.5, 0.6) is 17.2 Å². The number of piperazine rings is 1. The van der Waals surface area contributed by atoms with Crippen LogP contribution in [0.2, 0.25) is 0 Å². The lowest BCUT2D eigenvalue weighted by Crippen LogP contribution is -2.49.